The summed E-state index contributed by atoms with van der Waals surface area (Å²) in [7, 11) is 0. The highest BCUT2D eigenvalue weighted by Crippen LogP contribution is 2.30. The first-order valence-electron chi connectivity index (χ1n) is 4.97. The fourth-order valence-electron chi connectivity index (χ4n) is 2.01. The second-order valence-electron chi connectivity index (χ2n) is 3.72. The van der Waals surface area contributed by atoms with Crippen molar-refractivity contribution in [1.29, 1.82) is 0 Å². The Balaban J connectivity index is 2.27. The molecule has 0 fully saturated rings. The number of nitrogens with zero attached hydrogens (tertiary/aromatic N) is 1. The van der Waals surface area contributed by atoms with E-state index in [1.807, 2.05) is 18.2 Å². The van der Waals surface area contributed by atoms with E-state index in [2.05, 4.69) is 15.7 Å². The SMILES string of the molecule is NNc1ccc2c3c(ccc2n1)NC(=O)C3. The molecule has 0 aliphatic carbocycles. The molecule has 0 saturated carbocycles. The van der Waals surface area contributed by atoms with Gasteiger partial charge in [-0.05, 0) is 29.8 Å². The van der Waals surface area contributed by atoms with Crippen LogP contribution in [0.2, 0.25) is 0 Å². The topological polar surface area (TPSA) is 80.0 Å². The maximum absolute atomic E-state index is 11.3. The van der Waals surface area contributed by atoms with Gasteiger partial charge in [-0.15, -0.1) is 0 Å². The molecule has 0 unspecified atom stereocenters. The number of hydrogen-bond donors (Lipinski definition) is 3. The summed E-state index contributed by atoms with van der Waals surface area (Å²) >= 11 is 0. The fraction of sp³-hybridized carbons (Fsp3) is 0.0909. The number of carbonyl (C=O) groups excluding carboxylic acids is 1. The van der Waals surface area contributed by atoms with E-state index in [4.69, 9.17) is 5.84 Å². The van der Waals surface area contributed by atoms with Crippen molar-refractivity contribution in [1.82, 2.24) is 4.98 Å². The van der Waals surface area contributed by atoms with E-state index in [-0.39, 0.29) is 5.91 Å². The highest BCUT2D eigenvalue weighted by molar-refractivity contribution is 6.05. The van der Waals surface area contributed by atoms with Gasteiger partial charge in [0.1, 0.15) is 5.82 Å². The Labute approximate surface area is 91.6 Å². The second kappa shape index (κ2) is 3.18. The number of carbonyl (C=O) groups is 1. The normalized spacial score (nSPS) is 13.7. The number of hydrazine groups is 1. The predicted octanol–water partition coefficient (Wildman–Crippen LogP) is 1.02. The smallest absolute Gasteiger partial charge is 0.228 e. The van der Waals surface area contributed by atoms with Gasteiger partial charge >= 0.3 is 0 Å². The highest BCUT2D eigenvalue weighted by atomic mass is 16.1. The quantitative estimate of drug-likeness (QED) is 0.489. The Morgan fingerprint density at radius 2 is 2.19 bits per heavy atom. The van der Waals surface area contributed by atoms with Crippen LogP contribution < -0.4 is 16.6 Å². The minimum atomic E-state index is 0.0310. The summed E-state index contributed by atoms with van der Waals surface area (Å²) in [6.45, 7) is 0. The third-order valence-electron chi connectivity index (χ3n) is 2.74. The maximum atomic E-state index is 11.3. The molecular formula is C11H10N4O. The zero-order chi connectivity index (χ0) is 11.1. The van der Waals surface area contributed by atoms with Crippen LogP contribution in [0.25, 0.3) is 10.9 Å². The predicted molar refractivity (Wildman–Crippen MR) is 61.9 cm³/mol. The molecule has 1 aliphatic heterocycles. The van der Waals surface area contributed by atoms with E-state index in [1.165, 1.54) is 0 Å². The van der Waals surface area contributed by atoms with Crippen LogP contribution in [0.5, 0.6) is 0 Å². The number of anilines is 2. The molecule has 1 aromatic carbocycles. The minimum absolute atomic E-state index is 0.0310. The lowest BCUT2D eigenvalue weighted by Crippen LogP contribution is -2.08. The number of nitrogen functional groups attached to an aromatic ring is 1. The summed E-state index contributed by atoms with van der Waals surface area (Å²) in [6, 6.07) is 7.47. The molecule has 1 aliphatic rings. The van der Waals surface area contributed by atoms with Crippen LogP contribution in [-0.2, 0) is 11.2 Å². The van der Waals surface area contributed by atoms with Crippen LogP contribution in [0.3, 0.4) is 0 Å². The van der Waals surface area contributed by atoms with Crippen LogP contribution >= 0.6 is 0 Å². The maximum Gasteiger partial charge on any atom is 0.228 e. The molecule has 0 saturated heterocycles. The number of fused-ring (bicyclic) bond motifs is 3. The molecule has 1 amide bonds. The molecule has 0 bridgehead atoms. The van der Waals surface area contributed by atoms with Gasteiger partial charge in [-0.3, -0.25) is 4.79 Å². The molecular weight excluding hydrogens is 204 g/mol. The molecule has 4 N–H and O–H groups in total. The first-order chi connectivity index (χ1) is 7.78. The Kier molecular flexibility index (Phi) is 1.81. The van der Waals surface area contributed by atoms with Crippen molar-refractivity contribution in [3.63, 3.8) is 0 Å². The summed E-state index contributed by atoms with van der Waals surface area (Å²) < 4.78 is 0. The highest BCUT2D eigenvalue weighted by Gasteiger charge is 2.19. The summed E-state index contributed by atoms with van der Waals surface area (Å²) in [4.78, 5) is 15.6. The van der Waals surface area contributed by atoms with Crippen molar-refractivity contribution in [3.05, 3.63) is 29.8 Å². The van der Waals surface area contributed by atoms with Crippen molar-refractivity contribution in [2.24, 2.45) is 5.84 Å². The molecule has 2 aromatic rings. The van der Waals surface area contributed by atoms with E-state index in [9.17, 15) is 4.79 Å². The monoisotopic (exact) mass is 214 g/mol. The van der Waals surface area contributed by atoms with Crippen molar-refractivity contribution in [2.75, 3.05) is 10.7 Å². The van der Waals surface area contributed by atoms with Crippen LogP contribution in [0.1, 0.15) is 5.56 Å². The number of aromatic nitrogens is 1. The summed E-state index contributed by atoms with van der Waals surface area (Å²) in [5.41, 5.74) is 5.24. The van der Waals surface area contributed by atoms with E-state index in [0.29, 0.717) is 12.2 Å². The van der Waals surface area contributed by atoms with Gasteiger partial charge < -0.3 is 10.7 Å². The molecule has 5 heteroatoms. The number of amides is 1. The van der Waals surface area contributed by atoms with Crippen LogP contribution in [-0.4, -0.2) is 10.9 Å². The lowest BCUT2D eigenvalue weighted by atomic mass is 10.1. The number of nitrogens with two attached hydrogens (primary N) is 1. The van der Waals surface area contributed by atoms with Gasteiger partial charge in [-0.2, -0.15) is 0 Å². The molecule has 5 nitrogen and oxygen atoms in total. The van der Waals surface area contributed by atoms with Gasteiger partial charge in [0.25, 0.3) is 0 Å². The average Bonchev–Trinajstić information content (AvgIpc) is 2.69. The Morgan fingerprint density at radius 1 is 1.31 bits per heavy atom. The van der Waals surface area contributed by atoms with Crippen LogP contribution in [0.15, 0.2) is 24.3 Å². The zero-order valence-corrected chi connectivity index (χ0v) is 8.45. The summed E-state index contributed by atoms with van der Waals surface area (Å²) in [5, 5.41) is 3.81. The van der Waals surface area contributed by atoms with Crippen molar-refractivity contribution in [2.45, 2.75) is 6.42 Å². The minimum Gasteiger partial charge on any atom is -0.326 e. The standard InChI is InChI=1S/C11H10N4O/c12-15-10-4-1-6-7-5-11(16)14-9(7)3-2-8(6)13-10/h1-4H,5,12H2,(H,13,15)(H,14,16). The lowest BCUT2D eigenvalue weighted by molar-refractivity contribution is -0.115. The van der Waals surface area contributed by atoms with Gasteiger partial charge in [-0.25, -0.2) is 10.8 Å². The van der Waals surface area contributed by atoms with E-state index in [1.54, 1.807) is 6.07 Å². The van der Waals surface area contributed by atoms with Crippen molar-refractivity contribution >= 4 is 28.3 Å². The molecule has 2 heterocycles. The third-order valence-corrected chi connectivity index (χ3v) is 2.74. The zero-order valence-electron chi connectivity index (χ0n) is 8.45. The molecule has 80 valence electrons. The van der Waals surface area contributed by atoms with Gasteiger partial charge in [0, 0.05) is 11.1 Å². The second-order valence-corrected chi connectivity index (χ2v) is 3.72. The van der Waals surface area contributed by atoms with E-state index < -0.39 is 0 Å². The van der Waals surface area contributed by atoms with Gasteiger partial charge in [0.2, 0.25) is 5.91 Å². The molecule has 3 rings (SSSR count). The van der Waals surface area contributed by atoms with Gasteiger partial charge in [-0.1, -0.05) is 0 Å². The number of benzene rings is 1. The molecule has 0 atom stereocenters. The largest absolute Gasteiger partial charge is 0.326 e. The molecule has 0 spiro atoms. The van der Waals surface area contributed by atoms with Crippen LogP contribution in [0.4, 0.5) is 11.5 Å². The van der Waals surface area contributed by atoms with Crippen LogP contribution in [0, 0.1) is 0 Å². The molecule has 16 heavy (non-hydrogen) atoms. The number of hydrogen-bond acceptors (Lipinski definition) is 4. The van der Waals surface area contributed by atoms with Crippen molar-refractivity contribution in [3.8, 4) is 0 Å². The Morgan fingerprint density at radius 3 is 3.00 bits per heavy atom. The Bertz CT molecular complexity index is 594. The van der Waals surface area contributed by atoms with E-state index >= 15 is 0 Å². The first kappa shape index (κ1) is 9.11. The Hall–Kier alpha value is -2.14. The molecule has 1 aromatic heterocycles. The average molecular weight is 214 g/mol. The van der Waals surface area contributed by atoms with Gasteiger partial charge in [0.15, 0.2) is 0 Å². The number of nitrogens with one attached hydrogen (secondary N) is 2. The van der Waals surface area contributed by atoms with Crippen molar-refractivity contribution < 1.29 is 4.79 Å². The van der Waals surface area contributed by atoms with E-state index in [0.717, 1.165) is 22.2 Å². The lowest BCUT2D eigenvalue weighted by Gasteiger charge is -2.05. The van der Waals surface area contributed by atoms with Gasteiger partial charge in [0.05, 0.1) is 11.9 Å². The molecule has 0 radical (unpaired) electrons. The number of rotatable bonds is 1. The third kappa shape index (κ3) is 1.22. The first-order valence-corrected chi connectivity index (χ1v) is 4.97. The number of pyridine rings is 1. The summed E-state index contributed by atoms with van der Waals surface area (Å²) in [6.07, 6.45) is 0.420. The summed E-state index contributed by atoms with van der Waals surface area (Å²) in [5.74, 6) is 5.94. The fourth-order valence-corrected chi connectivity index (χ4v) is 2.01.